The first kappa shape index (κ1) is 19.0. The van der Waals surface area contributed by atoms with Crippen LogP contribution >= 0.6 is 0 Å². The molecule has 0 unspecified atom stereocenters. The van der Waals surface area contributed by atoms with Crippen LogP contribution in [0, 0.1) is 5.82 Å². The molecule has 1 aliphatic rings. The van der Waals surface area contributed by atoms with Crippen molar-refractivity contribution in [2.45, 2.75) is 30.3 Å². The summed E-state index contributed by atoms with van der Waals surface area (Å²) in [6.45, 7) is 0.775. The van der Waals surface area contributed by atoms with Crippen molar-refractivity contribution in [2.24, 2.45) is 7.05 Å². The summed E-state index contributed by atoms with van der Waals surface area (Å²) in [6.07, 6.45) is 5.42. The zero-order valence-electron chi connectivity index (χ0n) is 15.6. The van der Waals surface area contributed by atoms with Gasteiger partial charge in [0.1, 0.15) is 17.0 Å². The number of methoxy groups -OCH3 is 1. The summed E-state index contributed by atoms with van der Waals surface area (Å²) < 4.78 is 50.2. The van der Waals surface area contributed by atoms with E-state index in [1.165, 1.54) is 39.2 Å². The predicted molar refractivity (Wildman–Crippen MR) is 97.6 cm³/mol. The molecule has 28 heavy (non-hydrogen) atoms. The lowest BCUT2D eigenvalue weighted by molar-refractivity contribution is 0.175. The lowest BCUT2D eigenvalue weighted by Gasteiger charge is -2.31. The van der Waals surface area contributed by atoms with Gasteiger partial charge in [0.25, 0.3) is 0 Å². The molecule has 0 spiro atoms. The third-order valence-corrected chi connectivity index (χ3v) is 7.15. The summed E-state index contributed by atoms with van der Waals surface area (Å²) in [4.78, 5) is 4.13. The van der Waals surface area contributed by atoms with E-state index >= 15 is 0 Å². The van der Waals surface area contributed by atoms with Gasteiger partial charge in [0.15, 0.2) is 5.65 Å². The molecule has 11 heteroatoms. The van der Waals surface area contributed by atoms with E-state index in [1.54, 1.807) is 13.2 Å². The molecular formula is C17H21FN6O3S. The van der Waals surface area contributed by atoms with E-state index in [0.717, 1.165) is 0 Å². The van der Waals surface area contributed by atoms with Gasteiger partial charge < -0.3 is 4.74 Å². The second-order valence-electron chi connectivity index (χ2n) is 6.83. The Morgan fingerprint density at radius 3 is 2.75 bits per heavy atom. The maximum Gasteiger partial charge on any atom is 0.246 e. The SMILES string of the molecule is COCc1c(S(=O)(=O)N2CCC(c3cn4ncnc4cc3F)CC2)cnn1C. The number of pyridine rings is 1. The lowest BCUT2D eigenvalue weighted by atomic mass is 9.91. The molecule has 3 aromatic heterocycles. The van der Waals surface area contributed by atoms with Gasteiger partial charge in [-0.1, -0.05) is 0 Å². The highest BCUT2D eigenvalue weighted by molar-refractivity contribution is 7.89. The van der Waals surface area contributed by atoms with Crippen LogP contribution in [-0.2, 0) is 28.4 Å². The van der Waals surface area contributed by atoms with Crippen LogP contribution in [0.2, 0.25) is 0 Å². The summed E-state index contributed by atoms with van der Waals surface area (Å²) in [5, 5.41) is 8.11. The van der Waals surface area contributed by atoms with E-state index in [4.69, 9.17) is 4.74 Å². The number of fused-ring (bicyclic) bond motifs is 1. The highest BCUT2D eigenvalue weighted by Crippen LogP contribution is 2.33. The number of sulfonamides is 1. The number of aryl methyl sites for hydroxylation is 1. The summed E-state index contributed by atoms with van der Waals surface area (Å²) in [7, 11) is -0.494. The van der Waals surface area contributed by atoms with Gasteiger partial charge in [-0.3, -0.25) is 4.68 Å². The molecule has 3 aromatic rings. The number of halogens is 1. The fourth-order valence-corrected chi connectivity index (χ4v) is 5.30. The van der Waals surface area contributed by atoms with Gasteiger partial charge in [0.05, 0.1) is 18.5 Å². The van der Waals surface area contributed by atoms with Crippen molar-refractivity contribution >= 4 is 15.7 Å². The average molecular weight is 408 g/mol. The normalized spacial score (nSPS) is 16.8. The Kier molecular flexibility index (Phi) is 4.89. The van der Waals surface area contributed by atoms with Gasteiger partial charge in [-0.25, -0.2) is 22.3 Å². The Bertz CT molecular complexity index is 1100. The zero-order chi connectivity index (χ0) is 19.9. The third-order valence-electron chi connectivity index (χ3n) is 5.21. The number of aromatic nitrogens is 5. The van der Waals surface area contributed by atoms with Gasteiger partial charge in [0.2, 0.25) is 10.0 Å². The van der Waals surface area contributed by atoms with Crippen LogP contribution in [0.15, 0.2) is 29.7 Å². The Balaban J connectivity index is 1.54. The van der Waals surface area contributed by atoms with Crippen molar-refractivity contribution in [3.63, 3.8) is 0 Å². The number of piperidine rings is 1. The van der Waals surface area contributed by atoms with Gasteiger partial charge in [0, 0.05) is 45.1 Å². The molecule has 4 heterocycles. The number of rotatable bonds is 5. The molecule has 4 rings (SSSR count). The minimum Gasteiger partial charge on any atom is -0.378 e. The van der Waals surface area contributed by atoms with Gasteiger partial charge in [-0.05, 0) is 18.8 Å². The maximum absolute atomic E-state index is 14.5. The van der Waals surface area contributed by atoms with Crippen LogP contribution in [0.25, 0.3) is 5.65 Å². The molecule has 1 aliphatic heterocycles. The van der Waals surface area contributed by atoms with Crippen molar-refractivity contribution in [3.8, 4) is 0 Å². The molecule has 0 N–H and O–H groups in total. The third kappa shape index (κ3) is 3.19. The van der Waals surface area contributed by atoms with Crippen molar-refractivity contribution in [3.05, 3.63) is 41.9 Å². The summed E-state index contributed by atoms with van der Waals surface area (Å²) in [6, 6.07) is 1.36. The first-order chi connectivity index (χ1) is 13.4. The molecule has 9 nitrogen and oxygen atoms in total. The molecule has 1 fully saturated rings. The van der Waals surface area contributed by atoms with Gasteiger partial charge >= 0.3 is 0 Å². The minimum absolute atomic E-state index is 0.0765. The first-order valence-electron chi connectivity index (χ1n) is 8.90. The predicted octanol–water partition coefficient (Wildman–Crippen LogP) is 1.32. The average Bonchev–Trinajstić information content (AvgIpc) is 3.28. The molecule has 0 bridgehead atoms. The van der Waals surface area contributed by atoms with Crippen LogP contribution in [0.4, 0.5) is 4.39 Å². The highest BCUT2D eigenvalue weighted by Gasteiger charge is 2.33. The van der Waals surface area contributed by atoms with E-state index < -0.39 is 10.0 Å². The molecule has 150 valence electrons. The summed E-state index contributed by atoms with van der Waals surface area (Å²) >= 11 is 0. The standard InChI is InChI=1S/C17H21FN6O3S/c1-22-15(10-27-2)16(8-20-22)28(25,26)23-5-3-12(4-6-23)13-9-24-17(7-14(13)18)19-11-21-24/h7-9,11-12H,3-6,10H2,1-2H3. The fourth-order valence-electron chi connectivity index (χ4n) is 3.66. The number of hydrogen-bond acceptors (Lipinski definition) is 6. The van der Waals surface area contributed by atoms with Crippen molar-refractivity contribution in [2.75, 3.05) is 20.2 Å². The largest absolute Gasteiger partial charge is 0.378 e. The molecule has 0 amide bonds. The van der Waals surface area contributed by atoms with Gasteiger partial charge in [-0.15, -0.1) is 0 Å². The molecule has 1 saturated heterocycles. The van der Waals surface area contributed by atoms with E-state index in [9.17, 15) is 12.8 Å². The number of nitrogens with zero attached hydrogens (tertiary/aromatic N) is 6. The maximum atomic E-state index is 14.5. The van der Waals surface area contributed by atoms with Crippen LogP contribution < -0.4 is 0 Å². The smallest absolute Gasteiger partial charge is 0.246 e. The Morgan fingerprint density at radius 2 is 2.04 bits per heavy atom. The second kappa shape index (κ2) is 7.22. The molecule has 0 aliphatic carbocycles. The van der Waals surface area contributed by atoms with E-state index in [-0.39, 0.29) is 23.2 Å². The van der Waals surface area contributed by atoms with Crippen LogP contribution in [0.3, 0.4) is 0 Å². The lowest BCUT2D eigenvalue weighted by Crippen LogP contribution is -2.38. The monoisotopic (exact) mass is 408 g/mol. The summed E-state index contributed by atoms with van der Waals surface area (Å²) in [5.74, 6) is -0.413. The van der Waals surface area contributed by atoms with E-state index in [2.05, 4.69) is 15.2 Å². The minimum atomic E-state index is -3.69. The second-order valence-corrected chi connectivity index (χ2v) is 8.74. The van der Waals surface area contributed by atoms with Crippen molar-refractivity contribution in [1.82, 2.24) is 28.7 Å². The molecule has 0 saturated carbocycles. The molecule has 0 aromatic carbocycles. The van der Waals surface area contributed by atoms with E-state index in [1.807, 2.05) is 0 Å². The zero-order valence-corrected chi connectivity index (χ0v) is 16.4. The summed E-state index contributed by atoms with van der Waals surface area (Å²) in [5.41, 5.74) is 1.49. The fraction of sp³-hybridized carbons (Fsp3) is 0.471. The molecular weight excluding hydrogens is 387 g/mol. The number of ether oxygens (including phenoxy) is 1. The van der Waals surface area contributed by atoms with Crippen LogP contribution in [0.1, 0.15) is 30.0 Å². The Hall–Kier alpha value is -2.37. The van der Waals surface area contributed by atoms with Crippen LogP contribution in [-0.4, -0.2) is 57.3 Å². The highest BCUT2D eigenvalue weighted by atomic mass is 32.2. The van der Waals surface area contributed by atoms with Gasteiger partial charge in [-0.2, -0.15) is 14.5 Å². The number of hydrogen-bond donors (Lipinski definition) is 0. The van der Waals surface area contributed by atoms with E-state index in [0.29, 0.717) is 42.8 Å². The Labute approximate surface area is 161 Å². The van der Waals surface area contributed by atoms with Crippen molar-refractivity contribution in [1.29, 1.82) is 0 Å². The van der Waals surface area contributed by atoms with Crippen molar-refractivity contribution < 1.29 is 17.5 Å². The first-order valence-corrected chi connectivity index (χ1v) is 10.3. The molecule has 0 atom stereocenters. The van der Waals surface area contributed by atoms with Crippen LogP contribution in [0.5, 0.6) is 0 Å². The topological polar surface area (TPSA) is 94.6 Å². The quantitative estimate of drug-likeness (QED) is 0.632. The molecule has 0 radical (unpaired) electrons. The Morgan fingerprint density at radius 1 is 1.29 bits per heavy atom.